The van der Waals surface area contributed by atoms with Crippen LogP contribution in [0.2, 0.25) is 0 Å². The van der Waals surface area contributed by atoms with E-state index in [1.54, 1.807) is 0 Å². The summed E-state index contributed by atoms with van der Waals surface area (Å²) in [5.74, 6) is -0.322. The lowest BCUT2D eigenvalue weighted by Gasteiger charge is -2.39. The third-order valence-corrected chi connectivity index (χ3v) is 9.76. The molecule has 0 aromatic rings. The van der Waals surface area contributed by atoms with Crippen molar-refractivity contribution in [2.45, 2.75) is 205 Å². The first-order chi connectivity index (χ1) is 26.4. The maximum Gasteiger partial charge on any atom is 0.306 e. The van der Waals surface area contributed by atoms with Crippen molar-refractivity contribution < 1.29 is 44.2 Å². The fourth-order valence-electron chi connectivity index (χ4n) is 6.36. The van der Waals surface area contributed by atoms with Crippen molar-refractivity contribution >= 4 is 5.97 Å². The fourth-order valence-corrected chi connectivity index (χ4v) is 6.36. The molecule has 1 aliphatic heterocycles. The van der Waals surface area contributed by atoms with Crippen LogP contribution in [0, 0.1) is 0 Å². The quantitative estimate of drug-likeness (QED) is 0.0280. The second-order valence-electron chi connectivity index (χ2n) is 14.8. The average molecular weight is 765 g/mol. The van der Waals surface area contributed by atoms with Crippen LogP contribution in [-0.2, 0) is 23.7 Å². The first kappa shape index (κ1) is 50.2. The Morgan fingerprint density at radius 1 is 0.611 bits per heavy atom. The largest absolute Gasteiger partial charge is 0.457 e. The Labute approximate surface area is 329 Å². The van der Waals surface area contributed by atoms with Gasteiger partial charge in [-0.25, -0.2) is 0 Å². The highest BCUT2D eigenvalue weighted by molar-refractivity contribution is 5.69. The summed E-state index contributed by atoms with van der Waals surface area (Å²) >= 11 is 0. The van der Waals surface area contributed by atoms with Gasteiger partial charge in [0.15, 0.2) is 6.29 Å². The summed E-state index contributed by atoms with van der Waals surface area (Å²) in [5.41, 5.74) is 0. The molecular weight excluding hydrogens is 684 g/mol. The summed E-state index contributed by atoms with van der Waals surface area (Å²) in [6.07, 6.45) is 37.0. The van der Waals surface area contributed by atoms with Gasteiger partial charge in [-0.15, -0.1) is 0 Å². The van der Waals surface area contributed by atoms with Crippen molar-refractivity contribution in [3.05, 3.63) is 48.6 Å². The number of esters is 1. The summed E-state index contributed by atoms with van der Waals surface area (Å²) in [6, 6.07) is 0. The smallest absolute Gasteiger partial charge is 0.306 e. The molecule has 4 N–H and O–H groups in total. The number of carbonyl (C=O) groups excluding carboxylic acids is 1. The summed E-state index contributed by atoms with van der Waals surface area (Å²) in [6.45, 7) is 4.40. The molecule has 6 unspecified atom stereocenters. The van der Waals surface area contributed by atoms with Gasteiger partial charge in [-0.1, -0.05) is 159 Å². The first-order valence-electron chi connectivity index (χ1n) is 21.7. The molecule has 1 fully saturated rings. The number of hydrogen-bond acceptors (Lipinski definition) is 9. The Morgan fingerprint density at radius 2 is 1.13 bits per heavy atom. The number of rotatable bonds is 36. The van der Waals surface area contributed by atoms with Gasteiger partial charge in [-0.2, -0.15) is 0 Å². The maximum absolute atomic E-state index is 12.7. The number of allylic oxidation sites excluding steroid dienone is 8. The molecule has 54 heavy (non-hydrogen) atoms. The second kappa shape index (κ2) is 36.8. The number of carbonyl (C=O) groups is 1. The van der Waals surface area contributed by atoms with E-state index in [0.29, 0.717) is 13.0 Å². The fraction of sp³-hybridized carbons (Fsp3) is 0.800. The number of ether oxygens (including phenoxy) is 4. The van der Waals surface area contributed by atoms with Gasteiger partial charge in [0.2, 0.25) is 0 Å². The summed E-state index contributed by atoms with van der Waals surface area (Å²) in [5, 5.41) is 40.1. The zero-order valence-electron chi connectivity index (χ0n) is 34.2. The lowest BCUT2D eigenvalue weighted by molar-refractivity contribution is -0.305. The van der Waals surface area contributed by atoms with Crippen LogP contribution in [0.25, 0.3) is 0 Å². The molecule has 1 heterocycles. The average Bonchev–Trinajstić information content (AvgIpc) is 3.17. The molecule has 6 atom stereocenters. The molecule has 0 saturated carbocycles. The third kappa shape index (κ3) is 27.7. The van der Waals surface area contributed by atoms with E-state index in [4.69, 9.17) is 18.9 Å². The van der Waals surface area contributed by atoms with E-state index < -0.39 is 43.4 Å². The van der Waals surface area contributed by atoms with E-state index in [0.717, 1.165) is 70.6 Å². The summed E-state index contributed by atoms with van der Waals surface area (Å²) < 4.78 is 22.8. The van der Waals surface area contributed by atoms with Crippen molar-refractivity contribution in [3.8, 4) is 0 Å². The zero-order chi connectivity index (χ0) is 39.3. The summed E-state index contributed by atoms with van der Waals surface area (Å²) in [4.78, 5) is 12.7. The van der Waals surface area contributed by atoms with Crippen LogP contribution >= 0.6 is 0 Å². The molecule has 314 valence electrons. The van der Waals surface area contributed by atoms with Crippen LogP contribution in [0.4, 0.5) is 0 Å². The number of aliphatic hydroxyl groups excluding tert-OH is 4. The molecule has 0 spiro atoms. The van der Waals surface area contributed by atoms with Gasteiger partial charge in [0.1, 0.15) is 30.5 Å². The predicted molar refractivity (Wildman–Crippen MR) is 219 cm³/mol. The van der Waals surface area contributed by atoms with E-state index >= 15 is 0 Å². The number of aliphatic hydroxyl groups is 4. The van der Waals surface area contributed by atoms with Crippen molar-refractivity contribution in [1.82, 2.24) is 0 Å². The molecule has 1 rings (SSSR count). The molecule has 0 radical (unpaired) electrons. The van der Waals surface area contributed by atoms with E-state index in [1.807, 2.05) is 0 Å². The molecule has 0 bridgehead atoms. The van der Waals surface area contributed by atoms with Crippen LogP contribution in [0.15, 0.2) is 48.6 Å². The third-order valence-electron chi connectivity index (χ3n) is 9.76. The molecule has 9 heteroatoms. The van der Waals surface area contributed by atoms with E-state index in [2.05, 4.69) is 62.5 Å². The lowest BCUT2D eigenvalue weighted by Crippen LogP contribution is -2.59. The van der Waals surface area contributed by atoms with Crippen molar-refractivity contribution in [1.29, 1.82) is 0 Å². The SMILES string of the molecule is CC/C=C\C/C=C\C/C=C\C/C=C\CCCCCCCOCC(COC1OC(CO)C(O)C(O)C1O)OC(=O)CCCCCCCCCCCCCCC. The van der Waals surface area contributed by atoms with Gasteiger partial charge in [0, 0.05) is 13.0 Å². The highest BCUT2D eigenvalue weighted by Gasteiger charge is 2.44. The highest BCUT2D eigenvalue weighted by atomic mass is 16.7. The Bertz CT molecular complexity index is 963. The second-order valence-corrected chi connectivity index (χ2v) is 14.8. The topological polar surface area (TPSA) is 135 Å². The minimum Gasteiger partial charge on any atom is -0.457 e. The van der Waals surface area contributed by atoms with Crippen molar-refractivity contribution in [3.63, 3.8) is 0 Å². The van der Waals surface area contributed by atoms with Crippen molar-refractivity contribution in [2.75, 3.05) is 26.4 Å². The van der Waals surface area contributed by atoms with E-state index in [9.17, 15) is 25.2 Å². The molecule has 1 aliphatic rings. The molecular formula is C45H80O9. The number of hydrogen-bond donors (Lipinski definition) is 4. The zero-order valence-corrected chi connectivity index (χ0v) is 34.2. The Morgan fingerprint density at radius 3 is 1.70 bits per heavy atom. The van der Waals surface area contributed by atoms with E-state index in [-0.39, 0.29) is 19.2 Å². The molecule has 0 amide bonds. The predicted octanol–water partition coefficient (Wildman–Crippen LogP) is 9.36. The van der Waals surface area contributed by atoms with Crippen LogP contribution in [0.5, 0.6) is 0 Å². The molecule has 9 nitrogen and oxygen atoms in total. The van der Waals surface area contributed by atoms with Crippen LogP contribution in [0.1, 0.15) is 168 Å². The van der Waals surface area contributed by atoms with Gasteiger partial charge in [0.25, 0.3) is 0 Å². The lowest BCUT2D eigenvalue weighted by atomic mass is 9.99. The van der Waals surface area contributed by atoms with Crippen molar-refractivity contribution in [2.24, 2.45) is 0 Å². The van der Waals surface area contributed by atoms with Crippen LogP contribution in [-0.4, -0.2) is 89.6 Å². The Kier molecular flexibility index (Phi) is 34.2. The number of unbranched alkanes of at least 4 members (excludes halogenated alkanes) is 17. The van der Waals surface area contributed by atoms with Gasteiger partial charge in [-0.3, -0.25) is 4.79 Å². The van der Waals surface area contributed by atoms with Gasteiger partial charge >= 0.3 is 5.97 Å². The van der Waals surface area contributed by atoms with Crippen LogP contribution in [0.3, 0.4) is 0 Å². The van der Waals surface area contributed by atoms with Gasteiger partial charge < -0.3 is 39.4 Å². The Hall–Kier alpha value is -1.85. The van der Waals surface area contributed by atoms with Gasteiger partial charge in [0.05, 0.1) is 19.8 Å². The minimum atomic E-state index is -1.54. The molecule has 0 aromatic heterocycles. The van der Waals surface area contributed by atoms with Crippen LogP contribution < -0.4 is 0 Å². The molecule has 1 saturated heterocycles. The standard InChI is InChI=1S/C45H80O9/c1-3-5-7-9-11-13-15-17-18-19-20-21-23-25-27-29-31-33-35-51-37-39(38-52-45-44(50)43(49)42(48)40(36-46)54-45)53-41(47)34-32-30-28-26-24-22-16-14-12-10-8-6-4-2/h5,7,11,13,17-18,20-21,39-40,42-46,48-50H,3-4,6,8-10,12,14-16,19,22-38H2,1-2H3/b7-5-,13-11-,18-17-,21-20-. The Balaban J connectivity index is 2.29. The molecule has 0 aromatic carbocycles. The monoisotopic (exact) mass is 765 g/mol. The highest BCUT2D eigenvalue weighted by Crippen LogP contribution is 2.22. The first-order valence-corrected chi connectivity index (χ1v) is 21.7. The van der Waals surface area contributed by atoms with Gasteiger partial charge in [-0.05, 0) is 51.4 Å². The summed E-state index contributed by atoms with van der Waals surface area (Å²) in [7, 11) is 0. The molecule has 0 aliphatic carbocycles. The minimum absolute atomic E-state index is 0.121. The maximum atomic E-state index is 12.7. The van der Waals surface area contributed by atoms with E-state index in [1.165, 1.54) is 77.0 Å². The normalized spacial score (nSPS) is 21.3.